The molecule has 6 nitrogen and oxygen atoms in total. The molecule has 24 heavy (non-hydrogen) atoms. The van der Waals surface area contributed by atoms with E-state index in [1.807, 2.05) is 48.5 Å². The summed E-state index contributed by atoms with van der Waals surface area (Å²) in [5, 5.41) is 10.3. The van der Waals surface area contributed by atoms with Gasteiger partial charge in [0.15, 0.2) is 11.6 Å². The molecular weight excluding hydrogens is 372 g/mol. The number of amides is 1. The Morgan fingerprint density at radius 3 is 2.83 bits per heavy atom. The molecule has 4 rings (SSSR count). The van der Waals surface area contributed by atoms with Crippen molar-refractivity contribution in [2.24, 2.45) is 0 Å². The topological polar surface area (TPSA) is 83.8 Å². The molecule has 0 fully saturated rings. The van der Waals surface area contributed by atoms with Crippen LogP contribution >= 0.6 is 15.9 Å². The van der Waals surface area contributed by atoms with E-state index in [9.17, 15) is 4.79 Å². The van der Waals surface area contributed by atoms with E-state index >= 15 is 0 Å². The highest BCUT2D eigenvalue weighted by Gasteiger charge is 2.15. The lowest BCUT2D eigenvalue weighted by molar-refractivity contribution is 0.0998. The molecule has 0 saturated carbocycles. The van der Waals surface area contributed by atoms with Crippen LogP contribution in [-0.4, -0.2) is 21.1 Å². The summed E-state index contributed by atoms with van der Waals surface area (Å²) in [6, 6.07) is 16.7. The van der Waals surface area contributed by atoms with Crippen molar-refractivity contribution in [2.45, 2.75) is 0 Å². The highest BCUT2D eigenvalue weighted by Crippen LogP contribution is 2.22. The van der Waals surface area contributed by atoms with Gasteiger partial charge >= 0.3 is 0 Å². The molecule has 2 N–H and O–H groups in total. The van der Waals surface area contributed by atoms with Crippen LogP contribution < -0.4 is 5.32 Å². The molecule has 0 saturated heterocycles. The number of aromatic nitrogens is 3. The van der Waals surface area contributed by atoms with Gasteiger partial charge in [0.1, 0.15) is 5.58 Å². The second-order valence-corrected chi connectivity index (χ2v) is 6.04. The molecule has 118 valence electrons. The number of nitrogens with zero attached hydrogens (tertiary/aromatic N) is 2. The number of para-hydroxylation sites is 1. The summed E-state index contributed by atoms with van der Waals surface area (Å²) in [5.41, 5.74) is 1.52. The molecular formula is C17H11BrN4O2. The van der Waals surface area contributed by atoms with Gasteiger partial charge in [-0.2, -0.15) is 4.98 Å². The van der Waals surface area contributed by atoms with E-state index in [0.717, 1.165) is 15.4 Å². The molecule has 0 radical (unpaired) electrons. The minimum absolute atomic E-state index is 0.190. The summed E-state index contributed by atoms with van der Waals surface area (Å²) >= 11 is 3.41. The number of carbonyl (C=O) groups excluding carboxylic acids is 1. The lowest BCUT2D eigenvalue weighted by atomic mass is 10.2. The smallest absolute Gasteiger partial charge is 0.293 e. The average molecular weight is 383 g/mol. The number of rotatable bonds is 3. The fourth-order valence-electron chi connectivity index (χ4n) is 2.34. The number of nitrogens with one attached hydrogen (secondary N) is 2. The zero-order chi connectivity index (χ0) is 16.5. The summed E-state index contributed by atoms with van der Waals surface area (Å²) in [4.78, 5) is 16.6. The monoisotopic (exact) mass is 382 g/mol. The van der Waals surface area contributed by atoms with Crippen LogP contribution in [0.15, 0.2) is 63.5 Å². The summed E-state index contributed by atoms with van der Waals surface area (Å²) in [6.07, 6.45) is 0. The molecule has 4 aromatic rings. The fourth-order valence-corrected chi connectivity index (χ4v) is 2.74. The first-order chi connectivity index (χ1) is 11.7. The highest BCUT2D eigenvalue weighted by atomic mass is 79.9. The van der Waals surface area contributed by atoms with Crippen LogP contribution in [0.25, 0.3) is 22.4 Å². The van der Waals surface area contributed by atoms with Gasteiger partial charge in [-0.1, -0.05) is 46.3 Å². The van der Waals surface area contributed by atoms with E-state index in [1.54, 1.807) is 6.07 Å². The number of hydrogen-bond donors (Lipinski definition) is 2. The largest absolute Gasteiger partial charge is 0.451 e. The molecule has 0 aliphatic carbocycles. The van der Waals surface area contributed by atoms with Crippen molar-refractivity contribution in [3.05, 3.63) is 64.8 Å². The van der Waals surface area contributed by atoms with E-state index in [1.165, 1.54) is 0 Å². The first kappa shape index (κ1) is 14.6. The number of H-pyrrole nitrogens is 1. The Morgan fingerprint density at radius 2 is 2.00 bits per heavy atom. The van der Waals surface area contributed by atoms with E-state index in [-0.39, 0.29) is 11.7 Å². The molecule has 0 aliphatic heterocycles. The lowest BCUT2D eigenvalue weighted by Gasteiger charge is -1.97. The fraction of sp³-hybridized carbons (Fsp3) is 0. The number of hydrogen-bond acceptors (Lipinski definition) is 4. The molecule has 7 heteroatoms. The predicted molar refractivity (Wildman–Crippen MR) is 93.7 cm³/mol. The highest BCUT2D eigenvalue weighted by molar-refractivity contribution is 9.10. The zero-order valence-corrected chi connectivity index (χ0v) is 13.9. The number of furan rings is 1. The van der Waals surface area contributed by atoms with Crippen molar-refractivity contribution in [3.63, 3.8) is 0 Å². The van der Waals surface area contributed by atoms with E-state index in [2.05, 4.69) is 36.4 Å². The van der Waals surface area contributed by atoms with Gasteiger partial charge in [-0.25, -0.2) is 0 Å². The molecule has 0 atom stereocenters. The maximum Gasteiger partial charge on any atom is 0.293 e. The summed E-state index contributed by atoms with van der Waals surface area (Å²) in [7, 11) is 0. The molecule has 0 aliphatic rings. The summed E-state index contributed by atoms with van der Waals surface area (Å²) in [6.45, 7) is 0. The van der Waals surface area contributed by atoms with Gasteiger partial charge in [0.05, 0.1) is 0 Å². The van der Waals surface area contributed by atoms with Gasteiger partial charge in [-0.3, -0.25) is 15.2 Å². The van der Waals surface area contributed by atoms with E-state index in [4.69, 9.17) is 4.42 Å². The molecule has 2 aromatic heterocycles. The third kappa shape index (κ3) is 2.81. The van der Waals surface area contributed by atoms with Gasteiger partial charge < -0.3 is 4.42 Å². The van der Waals surface area contributed by atoms with Crippen LogP contribution in [0.1, 0.15) is 10.6 Å². The second-order valence-electron chi connectivity index (χ2n) is 5.12. The normalized spacial score (nSPS) is 10.9. The van der Waals surface area contributed by atoms with Crippen molar-refractivity contribution < 1.29 is 9.21 Å². The average Bonchev–Trinajstić information content (AvgIpc) is 3.21. The Hall–Kier alpha value is -2.93. The molecule has 2 heterocycles. The van der Waals surface area contributed by atoms with Crippen LogP contribution in [0, 0.1) is 0 Å². The first-order valence-corrected chi connectivity index (χ1v) is 7.96. The van der Waals surface area contributed by atoms with E-state index in [0.29, 0.717) is 11.4 Å². The molecule has 0 unspecified atom stereocenters. The Labute approximate surface area is 145 Å². The number of halogens is 1. The lowest BCUT2D eigenvalue weighted by Crippen LogP contribution is -2.11. The predicted octanol–water partition coefficient (Wildman–Crippen LogP) is 4.23. The summed E-state index contributed by atoms with van der Waals surface area (Å²) in [5.74, 6) is 0.572. The van der Waals surface area contributed by atoms with Gasteiger partial charge in [0, 0.05) is 15.4 Å². The Morgan fingerprint density at radius 1 is 1.12 bits per heavy atom. The van der Waals surface area contributed by atoms with Crippen LogP contribution in [0.5, 0.6) is 0 Å². The molecule has 0 spiro atoms. The molecule has 1 amide bonds. The maximum atomic E-state index is 12.3. The molecule has 2 aromatic carbocycles. The third-order valence-corrected chi connectivity index (χ3v) is 3.95. The van der Waals surface area contributed by atoms with Crippen molar-refractivity contribution in [3.8, 4) is 11.4 Å². The second kappa shape index (κ2) is 5.93. The van der Waals surface area contributed by atoms with Crippen molar-refractivity contribution >= 4 is 38.8 Å². The number of aromatic amines is 1. The SMILES string of the molecule is O=C(Nc1n[nH]c(-c2cccc(Br)c2)n1)c1cc2ccccc2o1. The Balaban J connectivity index is 1.56. The molecule has 0 bridgehead atoms. The van der Waals surface area contributed by atoms with Crippen LogP contribution in [0.3, 0.4) is 0 Å². The van der Waals surface area contributed by atoms with Gasteiger partial charge in [-0.15, -0.1) is 5.10 Å². The quantitative estimate of drug-likeness (QED) is 0.555. The van der Waals surface area contributed by atoms with Gasteiger partial charge in [-0.05, 0) is 24.3 Å². The van der Waals surface area contributed by atoms with Crippen molar-refractivity contribution in [1.82, 2.24) is 15.2 Å². The van der Waals surface area contributed by atoms with Crippen LogP contribution in [0.4, 0.5) is 5.95 Å². The summed E-state index contributed by atoms with van der Waals surface area (Å²) < 4.78 is 6.46. The zero-order valence-electron chi connectivity index (χ0n) is 12.3. The maximum absolute atomic E-state index is 12.3. The number of carbonyl (C=O) groups is 1. The van der Waals surface area contributed by atoms with Crippen molar-refractivity contribution in [1.29, 1.82) is 0 Å². The minimum atomic E-state index is -0.397. The van der Waals surface area contributed by atoms with Gasteiger partial charge in [0.2, 0.25) is 5.95 Å². The number of benzene rings is 2. The number of anilines is 1. The standard InChI is InChI=1S/C17H11BrN4O2/c18-12-6-3-5-11(8-12)15-19-17(22-21-15)20-16(23)14-9-10-4-1-2-7-13(10)24-14/h1-9H,(H2,19,20,21,22,23). The Kier molecular flexibility index (Phi) is 3.62. The van der Waals surface area contributed by atoms with Crippen LogP contribution in [0.2, 0.25) is 0 Å². The third-order valence-electron chi connectivity index (χ3n) is 3.46. The number of fused-ring (bicyclic) bond motifs is 1. The van der Waals surface area contributed by atoms with E-state index < -0.39 is 5.91 Å². The van der Waals surface area contributed by atoms with Crippen molar-refractivity contribution in [2.75, 3.05) is 5.32 Å². The first-order valence-electron chi connectivity index (χ1n) is 7.17. The Bertz CT molecular complexity index is 1000. The minimum Gasteiger partial charge on any atom is -0.451 e. The van der Waals surface area contributed by atoms with Gasteiger partial charge in [0.25, 0.3) is 5.91 Å². The van der Waals surface area contributed by atoms with Crippen LogP contribution in [-0.2, 0) is 0 Å².